The molecule has 0 radical (unpaired) electrons. The Bertz CT molecular complexity index is 784. The largest absolute Gasteiger partial charge is 0.472 e. The number of nitrogens with one attached hydrogen (secondary N) is 3. The first-order chi connectivity index (χ1) is 13.6. The average Bonchev–Trinajstić information content (AvgIpc) is 3.24. The third kappa shape index (κ3) is 5.60. The van der Waals surface area contributed by atoms with E-state index < -0.39 is 0 Å². The third-order valence-corrected chi connectivity index (χ3v) is 4.59. The van der Waals surface area contributed by atoms with E-state index in [9.17, 15) is 14.4 Å². The van der Waals surface area contributed by atoms with Crippen LogP contribution in [0.5, 0.6) is 0 Å². The standard InChI is InChI=1S/C20H24N4O4/c25-18(6-10-21-19(26)15-9-13-28-14-15)22-17-7-11-24(12-8-17)20(27)23-16-4-2-1-3-5-16/h1-5,9,13-14,17H,6-8,10-12H2,(H,21,26)(H,22,25)(H,23,27). The predicted molar refractivity (Wildman–Crippen MR) is 104 cm³/mol. The molecule has 1 fully saturated rings. The minimum absolute atomic E-state index is 0.0397. The second-order valence-electron chi connectivity index (χ2n) is 6.64. The number of amides is 4. The van der Waals surface area contributed by atoms with Gasteiger partial charge in [0.15, 0.2) is 0 Å². The smallest absolute Gasteiger partial charge is 0.321 e. The minimum Gasteiger partial charge on any atom is -0.472 e. The Morgan fingerprint density at radius 3 is 2.50 bits per heavy atom. The molecule has 1 aliphatic rings. The van der Waals surface area contributed by atoms with Gasteiger partial charge < -0.3 is 25.3 Å². The van der Waals surface area contributed by atoms with Crippen LogP contribution >= 0.6 is 0 Å². The third-order valence-electron chi connectivity index (χ3n) is 4.59. The molecular weight excluding hydrogens is 360 g/mol. The van der Waals surface area contributed by atoms with Crippen LogP contribution in [0, 0.1) is 0 Å². The van der Waals surface area contributed by atoms with Gasteiger partial charge in [0.25, 0.3) is 5.91 Å². The van der Waals surface area contributed by atoms with Gasteiger partial charge in [-0.3, -0.25) is 9.59 Å². The SMILES string of the molecule is O=C(CCNC(=O)c1ccoc1)NC1CCN(C(=O)Nc2ccccc2)CC1. The van der Waals surface area contributed by atoms with Crippen LogP contribution in [-0.2, 0) is 4.79 Å². The molecule has 1 aromatic heterocycles. The first kappa shape index (κ1) is 19.5. The number of benzene rings is 1. The summed E-state index contributed by atoms with van der Waals surface area (Å²) in [7, 11) is 0. The molecule has 0 unspecified atom stereocenters. The van der Waals surface area contributed by atoms with Crippen LogP contribution in [0.25, 0.3) is 0 Å². The summed E-state index contributed by atoms with van der Waals surface area (Å²) < 4.78 is 4.85. The predicted octanol–water partition coefficient (Wildman–Crippen LogP) is 2.21. The first-order valence-corrected chi connectivity index (χ1v) is 9.32. The van der Waals surface area contributed by atoms with E-state index in [1.54, 1.807) is 11.0 Å². The number of urea groups is 1. The summed E-state index contributed by atoms with van der Waals surface area (Å²) in [5.41, 5.74) is 1.20. The maximum atomic E-state index is 12.3. The number of carbonyl (C=O) groups is 3. The van der Waals surface area contributed by atoms with Gasteiger partial charge in [-0.05, 0) is 31.0 Å². The fraction of sp³-hybridized carbons (Fsp3) is 0.350. The molecule has 8 heteroatoms. The number of rotatable bonds is 6. The number of hydrogen-bond acceptors (Lipinski definition) is 4. The summed E-state index contributed by atoms with van der Waals surface area (Å²) >= 11 is 0. The molecule has 0 bridgehead atoms. The fourth-order valence-electron chi connectivity index (χ4n) is 3.04. The number of nitrogens with zero attached hydrogens (tertiary/aromatic N) is 1. The number of hydrogen-bond donors (Lipinski definition) is 3. The topological polar surface area (TPSA) is 104 Å². The second kappa shape index (κ2) is 9.59. The highest BCUT2D eigenvalue weighted by atomic mass is 16.3. The zero-order chi connectivity index (χ0) is 19.8. The van der Waals surface area contributed by atoms with Crippen LogP contribution < -0.4 is 16.0 Å². The van der Waals surface area contributed by atoms with Gasteiger partial charge in [-0.1, -0.05) is 18.2 Å². The van der Waals surface area contributed by atoms with E-state index in [-0.39, 0.29) is 36.9 Å². The van der Waals surface area contributed by atoms with Crippen LogP contribution in [0.15, 0.2) is 53.3 Å². The molecule has 2 heterocycles. The number of carbonyl (C=O) groups excluding carboxylic acids is 3. The zero-order valence-electron chi connectivity index (χ0n) is 15.5. The van der Waals surface area contributed by atoms with Crippen molar-refractivity contribution < 1.29 is 18.8 Å². The van der Waals surface area contributed by atoms with E-state index in [4.69, 9.17) is 4.42 Å². The van der Waals surface area contributed by atoms with Crippen LogP contribution in [-0.4, -0.2) is 48.4 Å². The monoisotopic (exact) mass is 384 g/mol. The van der Waals surface area contributed by atoms with Crippen molar-refractivity contribution in [2.24, 2.45) is 0 Å². The molecule has 1 aliphatic heterocycles. The molecule has 28 heavy (non-hydrogen) atoms. The summed E-state index contributed by atoms with van der Waals surface area (Å²) in [6, 6.07) is 10.8. The minimum atomic E-state index is -0.265. The number of furan rings is 1. The van der Waals surface area contributed by atoms with Gasteiger partial charge in [0.2, 0.25) is 5.91 Å². The molecule has 0 spiro atoms. The van der Waals surface area contributed by atoms with Crippen molar-refractivity contribution in [3.05, 3.63) is 54.5 Å². The molecule has 4 amide bonds. The van der Waals surface area contributed by atoms with Crippen molar-refractivity contribution in [2.45, 2.75) is 25.3 Å². The lowest BCUT2D eigenvalue weighted by molar-refractivity contribution is -0.121. The molecule has 8 nitrogen and oxygen atoms in total. The van der Waals surface area contributed by atoms with Gasteiger partial charge in [0.1, 0.15) is 6.26 Å². The summed E-state index contributed by atoms with van der Waals surface area (Å²) in [5, 5.41) is 8.52. The van der Waals surface area contributed by atoms with E-state index in [0.717, 1.165) is 5.69 Å². The van der Waals surface area contributed by atoms with Gasteiger partial charge in [-0.25, -0.2) is 4.79 Å². The summed E-state index contributed by atoms with van der Waals surface area (Å²) in [4.78, 5) is 37.9. The highest BCUT2D eigenvalue weighted by Crippen LogP contribution is 2.13. The maximum absolute atomic E-state index is 12.3. The Morgan fingerprint density at radius 2 is 1.82 bits per heavy atom. The molecule has 1 aromatic carbocycles. The van der Waals surface area contributed by atoms with Gasteiger partial charge in [0.05, 0.1) is 11.8 Å². The average molecular weight is 384 g/mol. The van der Waals surface area contributed by atoms with E-state index >= 15 is 0 Å². The van der Waals surface area contributed by atoms with Crippen LogP contribution in [0.1, 0.15) is 29.6 Å². The van der Waals surface area contributed by atoms with E-state index in [1.165, 1.54) is 12.5 Å². The van der Waals surface area contributed by atoms with Crippen molar-refractivity contribution in [3.8, 4) is 0 Å². The lowest BCUT2D eigenvalue weighted by Gasteiger charge is -2.32. The Kier molecular flexibility index (Phi) is 6.67. The zero-order valence-corrected chi connectivity index (χ0v) is 15.5. The molecule has 0 atom stereocenters. The summed E-state index contributed by atoms with van der Waals surface area (Å²) in [6.45, 7) is 1.43. The lowest BCUT2D eigenvalue weighted by Crippen LogP contribution is -2.48. The van der Waals surface area contributed by atoms with Gasteiger partial charge in [0, 0.05) is 37.8 Å². The highest BCUT2D eigenvalue weighted by Gasteiger charge is 2.23. The molecule has 148 valence electrons. The normalized spacial score (nSPS) is 14.4. The van der Waals surface area contributed by atoms with E-state index in [1.807, 2.05) is 30.3 Å². The van der Waals surface area contributed by atoms with E-state index in [0.29, 0.717) is 31.5 Å². The van der Waals surface area contributed by atoms with Gasteiger partial charge in [-0.2, -0.15) is 0 Å². The summed E-state index contributed by atoms with van der Waals surface area (Å²) in [6.07, 6.45) is 4.40. The van der Waals surface area contributed by atoms with Crippen LogP contribution in [0.2, 0.25) is 0 Å². The molecule has 3 rings (SSSR count). The molecular formula is C20H24N4O4. The Hall–Kier alpha value is -3.29. The van der Waals surface area contributed by atoms with E-state index in [2.05, 4.69) is 16.0 Å². The van der Waals surface area contributed by atoms with Gasteiger partial charge in [-0.15, -0.1) is 0 Å². The van der Waals surface area contributed by atoms with Crippen molar-refractivity contribution >= 4 is 23.5 Å². The Morgan fingerprint density at radius 1 is 1.07 bits per heavy atom. The number of likely N-dealkylation sites (tertiary alicyclic amines) is 1. The molecule has 0 saturated carbocycles. The molecule has 3 N–H and O–H groups in total. The van der Waals surface area contributed by atoms with Crippen molar-refractivity contribution in [1.82, 2.24) is 15.5 Å². The Labute approximate surface area is 163 Å². The first-order valence-electron chi connectivity index (χ1n) is 9.32. The number of anilines is 1. The number of piperidine rings is 1. The highest BCUT2D eigenvalue weighted by molar-refractivity contribution is 5.94. The molecule has 2 aromatic rings. The van der Waals surface area contributed by atoms with Crippen LogP contribution in [0.4, 0.5) is 10.5 Å². The Balaban J connectivity index is 1.33. The lowest BCUT2D eigenvalue weighted by atomic mass is 10.1. The summed E-state index contributed by atoms with van der Waals surface area (Å²) in [5.74, 6) is -0.376. The number of para-hydroxylation sites is 1. The van der Waals surface area contributed by atoms with Crippen LogP contribution in [0.3, 0.4) is 0 Å². The van der Waals surface area contributed by atoms with Crippen molar-refractivity contribution in [3.63, 3.8) is 0 Å². The quantitative estimate of drug-likeness (QED) is 0.710. The molecule has 1 saturated heterocycles. The fourth-order valence-corrected chi connectivity index (χ4v) is 3.04. The molecule has 0 aliphatic carbocycles. The maximum Gasteiger partial charge on any atom is 0.321 e. The van der Waals surface area contributed by atoms with Crippen molar-refractivity contribution in [1.29, 1.82) is 0 Å². The van der Waals surface area contributed by atoms with Crippen molar-refractivity contribution in [2.75, 3.05) is 25.0 Å². The second-order valence-corrected chi connectivity index (χ2v) is 6.64. The van der Waals surface area contributed by atoms with Gasteiger partial charge >= 0.3 is 6.03 Å².